The zero-order valence-corrected chi connectivity index (χ0v) is 12.9. The molecule has 0 atom stereocenters. The van der Waals surface area contributed by atoms with Crippen molar-refractivity contribution in [3.8, 4) is 0 Å². The Bertz CT molecular complexity index is 790. The third kappa shape index (κ3) is 3.03. The van der Waals surface area contributed by atoms with Crippen molar-refractivity contribution in [2.45, 2.75) is 19.9 Å². The van der Waals surface area contributed by atoms with Crippen LogP contribution in [0.4, 0.5) is 0 Å². The molecule has 2 aromatic carbocycles. The predicted octanol–water partition coefficient (Wildman–Crippen LogP) is 3.94. The van der Waals surface area contributed by atoms with Crippen molar-refractivity contribution in [2.75, 3.05) is 7.05 Å². The summed E-state index contributed by atoms with van der Waals surface area (Å²) in [6.45, 7) is 2.66. The predicted molar refractivity (Wildman–Crippen MR) is 87.6 cm³/mol. The second-order valence-electron chi connectivity index (χ2n) is 5.67. The fourth-order valence-electron chi connectivity index (χ4n) is 2.58. The maximum Gasteiger partial charge on any atom is 0.227 e. The van der Waals surface area contributed by atoms with E-state index in [0.717, 1.165) is 22.1 Å². The fraction of sp³-hybridized carbons (Fsp3) is 0.211. The van der Waals surface area contributed by atoms with Crippen LogP contribution in [-0.2, 0) is 17.8 Å². The first-order valence-electron chi connectivity index (χ1n) is 7.38. The largest absolute Gasteiger partial charge is 0.464 e. The van der Waals surface area contributed by atoms with Crippen molar-refractivity contribution in [3.63, 3.8) is 0 Å². The molecule has 112 valence electrons. The Morgan fingerprint density at radius 2 is 1.91 bits per heavy atom. The van der Waals surface area contributed by atoms with E-state index in [0.29, 0.717) is 13.0 Å². The number of aryl methyl sites for hydroxylation is 1. The summed E-state index contributed by atoms with van der Waals surface area (Å²) in [5.41, 5.74) is 4.08. The standard InChI is InChI=1S/C19H19NO2/c1-14-8-9-18-17(10-14)16(13-22-18)11-19(21)20(2)12-15-6-4-3-5-7-15/h3-10,13H,11-12H2,1-2H3. The van der Waals surface area contributed by atoms with Crippen LogP contribution in [0.1, 0.15) is 16.7 Å². The minimum atomic E-state index is 0.0908. The summed E-state index contributed by atoms with van der Waals surface area (Å²) < 4.78 is 5.53. The monoisotopic (exact) mass is 293 g/mol. The van der Waals surface area contributed by atoms with Gasteiger partial charge in [0.1, 0.15) is 5.58 Å². The molecular weight excluding hydrogens is 274 g/mol. The highest BCUT2D eigenvalue weighted by Gasteiger charge is 2.14. The summed E-state index contributed by atoms with van der Waals surface area (Å²) in [5, 5.41) is 1.03. The number of nitrogens with zero attached hydrogens (tertiary/aromatic N) is 1. The van der Waals surface area contributed by atoms with Crippen molar-refractivity contribution in [1.82, 2.24) is 4.90 Å². The molecule has 0 radical (unpaired) electrons. The molecule has 0 saturated carbocycles. The van der Waals surface area contributed by atoms with Gasteiger partial charge in [-0.2, -0.15) is 0 Å². The van der Waals surface area contributed by atoms with Gasteiger partial charge in [-0.1, -0.05) is 42.0 Å². The summed E-state index contributed by atoms with van der Waals surface area (Å²) in [6, 6.07) is 16.0. The maximum absolute atomic E-state index is 12.4. The van der Waals surface area contributed by atoms with Gasteiger partial charge in [-0.25, -0.2) is 0 Å². The molecule has 3 rings (SSSR count). The van der Waals surface area contributed by atoms with Crippen LogP contribution in [0.3, 0.4) is 0 Å². The molecule has 22 heavy (non-hydrogen) atoms. The van der Waals surface area contributed by atoms with Crippen molar-refractivity contribution in [2.24, 2.45) is 0 Å². The van der Waals surface area contributed by atoms with Crippen LogP contribution in [0.25, 0.3) is 11.0 Å². The SMILES string of the molecule is Cc1ccc2occ(CC(=O)N(C)Cc3ccccc3)c2c1. The number of furan rings is 1. The van der Waals surface area contributed by atoms with E-state index in [1.54, 1.807) is 11.2 Å². The Morgan fingerprint density at radius 3 is 2.68 bits per heavy atom. The molecule has 1 amide bonds. The number of benzene rings is 2. The quantitative estimate of drug-likeness (QED) is 0.730. The molecule has 3 aromatic rings. The number of fused-ring (bicyclic) bond motifs is 1. The highest BCUT2D eigenvalue weighted by Crippen LogP contribution is 2.23. The van der Waals surface area contributed by atoms with Crippen LogP contribution in [-0.4, -0.2) is 17.9 Å². The third-order valence-corrected chi connectivity index (χ3v) is 3.84. The number of amides is 1. The highest BCUT2D eigenvalue weighted by atomic mass is 16.3. The fourth-order valence-corrected chi connectivity index (χ4v) is 2.58. The molecule has 3 heteroatoms. The van der Waals surface area contributed by atoms with Gasteiger partial charge in [0.15, 0.2) is 0 Å². The van der Waals surface area contributed by atoms with Gasteiger partial charge in [-0.15, -0.1) is 0 Å². The third-order valence-electron chi connectivity index (χ3n) is 3.84. The number of carbonyl (C=O) groups is 1. The molecular formula is C19H19NO2. The van der Waals surface area contributed by atoms with E-state index < -0.39 is 0 Å². The molecule has 0 fully saturated rings. The van der Waals surface area contributed by atoms with Crippen molar-refractivity contribution in [3.05, 3.63) is 71.5 Å². The molecule has 0 aliphatic carbocycles. The first-order valence-corrected chi connectivity index (χ1v) is 7.38. The van der Waals surface area contributed by atoms with Crippen LogP contribution in [0.2, 0.25) is 0 Å². The van der Waals surface area contributed by atoms with Gasteiger partial charge < -0.3 is 9.32 Å². The van der Waals surface area contributed by atoms with Crippen LogP contribution in [0, 0.1) is 6.92 Å². The lowest BCUT2D eigenvalue weighted by Crippen LogP contribution is -2.27. The number of hydrogen-bond acceptors (Lipinski definition) is 2. The molecule has 0 N–H and O–H groups in total. The van der Waals surface area contributed by atoms with E-state index in [1.807, 2.05) is 56.4 Å². The summed E-state index contributed by atoms with van der Waals surface area (Å²) in [5.74, 6) is 0.0908. The topological polar surface area (TPSA) is 33.5 Å². The Kier molecular flexibility index (Phi) is 3.96. The van der Waals surface area contributed by atoms with Crippen LogP contribution in [0.15, 0.2) is 59.2 Å². The molecule has 0 saturated heterocycles. The zero-order valence-electron chi connectivity index (χ0n) is 12.9. The van der Waals surface area contributed by atoms with E-state index in [-0.39, 0.29) is 5.91 Å². The minimum absolute atomic E-state index is 0.0908. The van der Waals surface area contributed by atoms with E-state index in [2.05, 4.69) is 6.07 Å². The van der Waals surface area contributed by atoms with Crippen molar-refractivity contribution >= 4 is 16.9 Å². The highest BCUT2D eigenvalue weighted by molar-refractivity contribution is 5.87. The van der Waals surface area contributed by atoms with E-state index in [1.165, 1.54) is 5.56 Å². The first-order chi connectivity index (χ1) is 10.6. The van der Waals surface area contributed by atoms with E-state index in [9.17, 15) is 4.79 Å². The Morgan fingerprint density at radius 1 is 1.14 bits per heavy atom. The lowest BCUT2D eigenvalue weighted by Gasteiger charge is -2.17. The second kappa shape index (κ2) is 6.06. The number of rotatable bonds is 4. The maximum atomic E-state index is 12.4. The lowest BCUT2D eigenvalue weighted by molar-refractivity contribution is -0.129. The molecule has 1 heterocycles. The van der Waals surface area contributed by atoms with Gasteiger partial charge in [0.2, 0.25) is 5.91 Å². The molecule has 0 unspecified atom stereocenters. The first kappa shape index (κ1) is 14.4. The van der Waals surface area contributed by atoms with E-state index in [4.69, 9.17) is 4.42 Å². The second-order valence-corrected chi connectivity index (χ2v) is 5.67. The van der Waals surface area contributed by atoms with Crippen LogP contribution >= 0.6 is 0 Å². The Hall–Kier alpha value is -2.55. The Balaban J connectivity index is 1.74. The lowest BCUT2D eigenvalue weighted by atomic mass is 10.1. The van der Waals surface area contributed by atoms with Gasteiger partial charge in [0.05, 0.1) is 12.7 Å². The van der Waals surface area contributed by atoms with Gasteiger partial charge in [0.25, 0.3) is 0 Å². The molecule has 0 aliphatic heterocycles. The molecule has 0 aliphatic rings. The molecule has 3 nitrogen and oxygen atoms in total. The average Bonchev–Trinajstić information content (AvgIpc) is 2.90. The van der Waals surface area contributed by atoms with Crippen LogP contribution in [0.5, 0.6) is 0 Å². The number of carbonyl (C=O) groups excluding carboxylic acids is 1. The van der Waals surface area contributed by atoms with Crippen LogP contribution < -0.4 is 0 Å². The summed E-state index contributed by atoms with van der Waals surface area (Å²) in [7, 11) is 1.84. The Labute approximate surface area is 130 Å². The zero-order chi connectivity index (χ0) is 15.5. The summed E-state index contributed by atoms with van der Waals surface area (Å²) >= 11 is 0. The molecule has 0 bridgehead atoms. The van der Waals surface area contributed by atoms with E-state index >= 15 is 0 Å². The van der Waals surface area contributed by atoms with Gasteiger partial charge >= 0.3 is 0 Å². The summed E-state index contributed by atoms with van der Waals surface area (Å²) in [6.07, 6.45) is 2.05. The number of hydrogen-bond donors (Lipinski definition) is 0. The van der Waals surface area contributed by atoms with Gasteiger partial charge in [-0.3, -0.25) is 4.79 Å². The van der Waals surface area contributed by atoms with Crippen molar-refractivity contribution < 1.29 is 9.21 Å². The van der Waals surface area contributed by atoms with Gasteiger partial charge in [0, 0.05) is 24.5 Å². The number of likely N-dealkylation sites (N-methyl/N-ethyl adjacent to an activating group) is 1. The minimum Gasteiger partial charge on any atom is -0.464 e. The van der Waals surface area contributed by atoms with Crippen molar-refractivity contribution in [1.29, 1.82) is 0 Å². The summed E-state index contributed by atoms with van der Waals surface area (Å²) in [4.78, 5) is 14.2. The molecule has 1 aromatic heterocycles. The van der Waals surface area contributed by atoms with Gasteiger partial charge in [-0.05, 0) is 24.6 Å². The smallest absolute Gasteiger partial charge is 0.227 e. The molecule has 0 spiro atoms. The normalized spacial score (nSPS) is 10.8. The average molecular weight is 293 g/mol.